The fourth-order valence-electron chi connectivity index (χ4n) is 2.61. The van der Waals surface area contributed by atoms with Gasteiger partial charge in [-0.25, -0.2) is 4.39 Å². The van der Waals surface area contributed by atoms with Crippen LogP contribution in [-0.4, -0.2) is 35.7 Å². The van der Waals surface area contributed by atoms with E-state index in [4.69, 9.17) is 0 Å². The van der Waals surface area contributed by atoms with Gasteiger partial charge >= 0.3 is 0 Å². The zero-order valence-electron chi connectivity index (χ0n) is 14.5. The van der Waals surface area contributed by atoms with Gasteiger partial charge in [0.2, 0.25) is 5.91 Å². The third-order valence-corrected chi connectivity index (χ3v) is 4.03. The highest BCUT2D eigenvalue weighted by atomic mass is 19.1. The van der Waals surface area contributed by atoms with Gasteiger partial charge in [0.1, 0.15) is 5.83 Å². The third kappa shape index (κ3) is 7.10. The third-order valence-electron chi connectivity index (χ3n) is 4.03. The van der Waals surface area contributed by atoms with Crippen molar-refractivity contribution < 1.29 is 14.3 Å². The molecule has 4 nitrogen and oxygen atoms in total. The standard InChI is InChI=1S/C18H29FN2O2/c1-5-6-7-15(19)10-13(2)16(22)12-21-18(3,4)11-14-8-9-20-17(14)23/h5-7,10,14,16,21-22H,8-9,11-12H2,1-4H3,(H,20,23)/b6-5-,13-10+,15-7+. The van der Waals surface area contributed by atoms with E-state index >= 15 is 0 Å². The maximum absolute atomic E-state index is 13.5. The molecule has 5 heteroatoms. The van der Waals surface area contributed by atoms with Gasteiger partial charge in [-0.05, 0) is 58.3 Å². The maximum Gasteiger partial charge on any atom is 0.223 e. The summed E-state index contributed by atoms with van der Waals surface area (Å²) in [4.78, 5) is 11.7. The second-order valence-electron chi connectivity index (χ2n) is 6.73. The van der Waals surface area contributed by atoms with Gasteiger partial charge < -0.3 is 15.7 Å². The van der Waals surface area contributed by atoms with Crippen LogP contribution in [0, 0.1) is 5.92 Å². The number of carbonyl (C=O) groups excluding carboxylic acids is 1. The van der Waals surface area contributed by atoms with Crippen LogP contribution in [0.2, 0.25) is 0 Å². The maximum atomic E-state index is 13.5. The molecule has 2 atom stereocenters. The zero-order chi connectivity index (χ0) is 17.5. The molecule has 1 heterocycles. The summed E-state index contributed by atoms with van der Waals surface area (Å²) >= 11 is 0. The molecular weight excluding hydrogens is 295 g/mol. The van der Waals surface area contributed by atoms with Crippen molar-refractivity contribution in [1.82, 2.24) is 10.6 Å². The normalized spacial score (nSPS) is 21.8. The number of allylic oxidation sites excluding steroid dienone is 5. The van der Waals surface area contributed by atoms with Gasteiger partial charge in [-0.15, -0.1) is 0 Å². The van der Waals surface area contributed by atoms with Crippen LogP contribution in [0.4, 0.5) is 4.39 Å². The molecule has 130 valence electrons. The fourth-order valence-corrected chi connectivity index (χ4v) is 2.61. The molecule has 1 fully saturated rings. The largest absolute Gasteiger partial charge is 0.387 e. The molecule has 3 N–H and O–H groups in total. The van der Waals surface area contributed by atoms with E-state index in [1.807, 2.05) is 20.8 Å². The highest BCUT2D eigenvalue weighted by molar-refractivity contribution is 5.80. The lowest BCUT2D eigenvalue weighted by Gasteiger charge is -2.30. The van der Waals surface area contributed by atoms with Crippen LogP contribution in [0.3, 0.4) is 0 Å². The minimum atomic E-state index is -0.767. The number of aliphatic hydroxyl groups excluding tert-OH is 1. The average molecular weight is 324 g/mol. The Balaban J connectivity index is 2.51. The fraction of sp³-hybridized carbons (Fsp3) is 0.611. The predicted molar refractivity (Wildman–Crippen MR) is 91.6 cm³/mol. The highest BCUT2D eigenvalue weighted by Crippen LogP contribution is 2.22. The summed E-state index contributed by atoms with van der Waals surface area (Å²) in [6, 6.07) is 0. The molecule has 23 heavy (non-hydrogen) atoms. The Bertz CT molecular complexity index is 495. The van der Waals surface area contributed by atoms with Crippen molar-refractivity contribution in [2.75, 3.05) is 13.1 Å². The summed E-state index contributed by atoms with van der Waals surface area (Å²) in [5.41, 5.74) is 0.289. The Morgan fingerprint density at radius 3 is 2.83 bits per heavy atom. The molecule has 1 amide bonds. The summed E-state index contributed by atoms with van der Waals surface area (Å²) in [7, 11) is 0. The molecular formula is C18H29FN2O2. The molecule has 0 saturated carbocycles. The number of rotatable bonds is 8. The summed E-state index contributed by atoms with van der Waals surface area (Å²) in [6.45, 7) is 8.59. The van der Waals surface area contributed by atoms with Crippen molar-refractivity contribution >= 4 is 5.91 Å². The molecule has 2 unspecified atom stereocenters. The van der Waals surface area contributed by atoms with Gasteiger partial charge in [0.25, 0.3) is 0 Å². The van der Waals surface area contributed by atoms with Crippen LogP contribution >= 0.6 is 0 Å². The van der Waals surface area contributed by atoms with E-state index in [1.54, 1.807) is 19.1 Å². The van der Waals surface area contributed by atoms with E-state index in [-0.39, 0.29) is 23.2 Å². The van der Waals surface area contributed by atoms with Gasteiger partial charge in [-0.2, -0.15) is 0 Å². The smallest absolute Gasteiger partial charge is 0.223 e. The molecule has 0 aromatic heterocycles. The Kier molecular flexibility index (Phi) is 7.65. The molecule has 0 bridgehead atoms. The minimum absolute atomic E-state index is 0.0208. The van der Waals surface area contributed by atoms with Crippen LogP contribution in [0.5, 0.6) is 0 Å². The number of amides is 1. The lowest BCUT2D eigenvalue weighted by Crippen LogP contribution is -2.45. The Hall–Kier alpha value is -1.46. The lowest BCUT2D eigenvalue weighted by atomic mass is 9.89. The number of nitrogens with one attached hydrogen (secondary N) is 2. The summed E-state index contributed by atoms with van der Waals surface area (Å²) in [5.74, 6) is -0.262. The zero-order valence-corrected chi connectivity index (χ0v) is 14.5. The summed E-state index contributed by atoms with van der Waals surface area (Å²) < 4.78 is 13.5. The van der Waals surface area contributed by atoms with Crippen LogP contribution in [0.25, 0.3) is 0 Å². The van der Waals surface area contributed by atoms with E-state index < -0.39 is 6.10 Å². The van der Waals surface area contributed by atoms with E-state index in [0.717, 1.165) is 13.0 Å². The first-order valence-corrected chi connectivity index (χ1v) is 8.12. The van der Waals surface area contributed by atoms with Crippen LogP contribution in [0.15, 0.2) is 35.7 Å². The van der Waals surface area contributed by atoms with Gasteiger partial charge in [0.05, 0.1) is 6.10 Å². The van der Waals surface area contributed by atoms with Crippen LogP contribution < -0.4 is 10.6 Å². The minimum Gasteiger partial charge on any atom is -0.387 e. The Labute approximate surface area is 138 Å². The van der Waals surface area contributed by atoms with Crippen LogP contribution in [-0.2, 0) is 4.79 Å². The summed E-state index contributed by atoms with van der Waals surface area (Å²) in [5, 5.41) is 16.3. The number of halogens is 1. The monoisotopic (exact) mass is 324 g/mol. The number of hydrogen-bond acceptors (Lipinski definition) is 3. The van der Waals surface area contributed by atoms with E-state index in [2.05, 4.69) is 10.6 Å². The molecule has 0 spiro atoms. The van der Waals surface area contributed by atoms with Crippen molar-refractivity contribution in [3.05, 3.63) is 35.7 Å². The topological polar surface area (TPSA) is 61.4 Å². The highest BCUT2D eigenvalue weighted by Gasteiger charge is 2.31. The number of β-amino-alcohol motifs (C(OH)–C–C–N with tert-alkyl or cyclic N) is 1. The quantitative estimate of drug-likeness (QED) is 0.602. The molecule has 1 aliphatic rings. The van der Waals surface area contributed by atoms with E-state index in [1.165, 1.54) is 12.2 Å². The first kappa shape index (κ1) is 19.6. The SMILES string of the molecule is C\C=C/C=C(F)\C=C(/C)C(O)CNC(C)(C)CC1CCNC1=O. The van der Waals surface area contributed by atoms with Gasteiger partial charge in [0.15, 0.2) is 0 Å². The van der Waals surface area contributed by atoms with Crippen molar-refractivity contribution in [1.29, 1.82) is 0 Å². The molecule has 0 aromatic carbocycles. The molecule has 1 aliphatic heterocycles. The predicted octanol–water partition coefficient (Wildman–Crippen LogP) is 2.62. The van der Waals surface area contributed by atoms with Gasteiger partial charge in [-0.3, -0.25) is 4.79 Å². The van der Waals surface area contributed by atoms with Gasteiger partial charge in [-0.1, -0.05) is 12.2 Å². The van der Waals surface area contributed by atoms with E-state index in [9.17, 15) is 14.3 Å². The van der Waals surface area contributed by atoms with Crippen molar-refractivity contribution in [3.8, 4) is 0 Å². The van der Waals surface area contributed by atoms with Gasteiger partial charge in [0, 0.05) is 24.5 Å². The average Bonchev–Trinajstić information content (AvgIpc) is 2.87. The Morgan fingerprint density at radius 2 is 2.26 bits per heavy atom. The molecule has 1 saturated heterocycles. The molecule has 0 aliphatic carbocycles. The van der Waals surface area contributed by atoms with Crippen molar-refractivity contribution in [2.24, 2.45) is 5.92 Å². The van der Waals surface area contributed by atoms with Crippen LogP contribution in [0.1, 0.15) is 40.5 Å². The molecule has 1 rings (SSSR count). The molecule has 0 radical (unpaired) electrons. The number of aliphatic hydroxyl groups is 1. The van der Waals surface area contributed by atoms with E-state index in [0.29, 0.717) is 18.5 Å². The summed E-state index contributed by atoms with van der Waals surface area (Å²) in [6.07, 6.45) is 6.84. The Morgan fingerprint density at radius 1 is 1.57 bits per heavy atom. The number of hydrogen-bond donors (Lipinski definition) is 3. The second kappa shape index (κ2) is 8.99. The second-order valence-corrected chi connectivity index (χ2v) is 6.73. The first-order valence-electron chi connectivity index (χ1n) is 8.12. The lowest BCUT2D eigenvalue weighted by molar-refractivity contribution is -0.123. The number of carbonyl (C=O) groups is 1. The first-order chi connectivity index (χ1) is 10.7. The van der Waals surface area contributed by atoms with Crippen molar-refractivity contribution in [3.63, 3.8) is 0 Å². The van der Waals surface area contributed by atoms with Crippen molar-refractivity contribution in [2.45, 2.75) is 52.2 Å². The molecule has 0 aromatic rings.